The second-order valence-corrected chi connectivity index (χ2v) is 6.63. The maximum absolute atomic E-state index is 12.2. The zero-order valence-corrected chi connectivity index (χ0v) is 15.3. The average molecular weight is 360 g/mol. The molecule has 0 radical (unpaired) electrons. The maximum Gasteiger partial charge on any atom is 0.255 e. The molecule has 3 aromatic rings. The van der Waals surface area contributed by atoms with Crippen LogP contribution in [0, 0.1) is 0 Å². The number of carbonyl (C=O) groups excluding carboxylic acids is 1. The molecule has 0 saturated heterocycles. The van der Waals surface area contributed by atoms with Crippen LogP contribution in [0.25, 0.3) is 0 Å². The van der Waals surface area contributed by atoms with Crippen LogP contribution >= 0.6 is 0 Å². The van der Waals surface area contributed by atoms with Crippen LogP contribution in [0.15, 0.2) is 84.9 Å². The van der Waals surface area contributed by atoms with Crippen molar-refractivity contribution in [1.82, 2.24) is 5.48 Å². The summed E-state index contributed by atoms with van der Waals surface area (Å²) in [5.41, 5.74) is 5.74. The minimum absolute atomic E-state index is 0.392. The molecule has 0 aliphatic heterocycles. The fraction of sp³-hybridized carbons (Fsp3) is 0.174. The van der Waals surface area contributed by atoms with E-state index in [0.717, 1.165) is 23.4 Å². The van der Waals surface area contributed by atoms with E-state index >= 15 is 0 Å². The van der Waals surface area contributed by atoms with Gasteiger partial charge in [0.2, 0.25) is 0 Å². The number of hydroxylamine groups is 1. The van der Waals surface area contributed by atoms with Crippen molar-refractivity contribution < 1.29 is 10.0 Å². The molecule has 2 atom stereocenters. The van der Waals surface area contributed by atoms with E-state index in [-0.39, 0.29) is 0 Å². The Bertz CT molecular complexity index is 849. The van der Waals surface area contributed by atoms with Crippen molar-refractivity contribution in [2.45, 2.75) is 18.8 Å². The smallest absolute Gasteiger partial charge is 0.255 e. The summed E-state index contributed by atoms with van der Waals surface area (Å²) in [5, 5.41) is 12.6. The fourth-order valence-electron chi connectivity index (χ4n) is 3.17. The third kappa shape index (κ3) is 4.74. The molecule has 0 aliphatic rings. The van der Waals surface area contributed by atoms with Gasteiger partial charge in [-0.2, -0.15) is 0 Å². The van der Waals surface area contributed by atoms with Gasteiger partial charge in [0.25, 0.3) is 5.91 Å². The molecule has 138 valence electrons. The van der Waals surface area contributed by atoms with Gasteiger partial charge in [0.05, 0.1) is 5.92 Å². The number of amides is 1. The lowest BCUT2D eigenvalue weighted by molar-refractivity contribution is -0.129. The third-order valence-corrected chi connectivity index (χ3v) is 4.73. The summed E-state index contributed by atoms with van der Waals surface area (Å²) in [7, 11) is 0. The molecule has 3 N–H and O–H groups in total. The van der Waals surface area contributed by atoms with Gasteiger partial charge in [0, 0.05) is 12.2 Å². The van der Waals surface area contributed by atoms with Crippen molar-refractivity contribution in [3.8, 4) is 0 Å². The van der Waals surface area contributed by atoms with Crippen molar-refractivity contribution in [2.24, 2.45) is 0 Å². The first kappa shape index (κ1) is 18.7. The van der Waals surface area contributed by atoms with Gasteiger partial charge in [-0.3, -0.25) is 10.0 Å². The van der Waals surface area contributed by atoms with E-state index in [4.69, 9.17) is 5.21 Å². The van der Waals surface area contributed by atoms with Gasteiger partial charge in [-0.15, -0.1) is 0 Å². The highest BCUT2D eigenvalue weighted by Gasteiger charge is 2.22. The molecule has 0 heterocycles. The third-order valence-electron chi connectivity index (χ3n) is 4.73. The number of carbonyl (C=O) groups is 1. The molecule has 3 aromatic carbocycles. The second-order valence-electron chi connectivity index (χ2n) is 6.63. The molecule has 0 bridgehead atoms. The first-order valence-corrected chi connectivity index (χ1v) is 9.06. The Hall–Kier alpha value is -3.11. The highest BCUT2D eigenvalue weighted by molar-refractivity contribution is 5.86. The molecule has 1 amide bonds. The molecule has 4 nitrogen and oxygen atoms in total. The SMILES string of the molecule is CC(CNc1ccc(C(C(=O)NO)c2ccccc2)cc1)c1ccccc1. The second kappa shape index (κ2) is 9.01. The van der Waals surface area contributed by atoms with Gasteiger partial charge in [-0.25, -0.2) is 5.48 Å². The average Bonchev–Trinajstić information content (AvgIpc) is 2.74. The number of benzene rings is 3. The maximum atomic E-state index is 12.2. The zero-order chi connectivity index (χ0) is 19.1. The molecule has 27 heavy (non-hydrogen) atoms. The molecule has 0 aromatic heterocycles. The van der Waals surface area contributed by atoms with Gasteiger partial charge in [-0.1, -0.05) is 79.7 Å². The Kier molecular flexibility index (Phi) is 6.23. The van der Waals surface area contributed by atoms with Crippen LogP contribution in [0.3, 0.4) is 0 Å². The molecule has 0 fully saturated rings. The summed E-state index contributed by atoms with van der Waals surface area (Å²) in [6.45, 7) is 3.01. The lowest BCUT2D eigenvalue weighted by Gasteiger charge is -2.17. The summed E-state index contributed by atoms with van der Waals surface area (Å²) in [5.74, 6) is -0.601. The normalized spacial score (nSPS) is 12.8. The van der Waals surface area contributed by atoms with Gasteiger partial charge in [0.15, 0.2) is 0 Å². The summed E-state index contributed by atoms with van der Waals surface area (Å²) in [6.07, 6.45) is 0. The standard InChI is InChI=1S/C23H24N2O2/c1-17(18-8-4-2-5-9-18)16-24-21-14-12-20(13-15-21)22(23(26)25-27)19-10-6-3-7-11-19/h2-15,17,22,24,27H,16H2,1H3,(H,25,26). The van der Waals surface area contributed by atoms with Gasteiger partial charge in [-0.05, 0) is 34.7 Å². The quantitative estimate of drug-likeness (QED) is 0.428. The topological polar surface area (TPSA) is 61.4 Å². The lowest BCUT2D eigenvalue weighted by Crippen LogP contribution is -2.27. The summed E-state index contributed by atoms with van der Waals surface area (Å²) >= 11 is 0. The van der Waals surface area contributed by atoms with Gasteiger partial charge < -0.3 is 5.32 Å². The van der Waals surface area contributed by atoms with Crippen molar-refractivity contribution in [1.29, 1.82) is 0 Å². The van der Waals surface area contributed by atoms with Crippen LogP contribution in [0.5, 0.6) is 0 Å². The summed E-state index contributed by atoms with van der Waals surface area (Å²) in [4.78, 5) is 12.2. The van der Waals surface area contributed by atoms with Gasteiger partial charge in [0.1, 0.15) is 0 Å². The fourth-order valence-corrected chi connectivity index (χ4v) is 3.17. The monoisotopic (exact) mass is 360 g/mol. The van der Waals surface area contributed by atoms with E-state index in [1.54, 1.807) is 5.48 Å². The highest BCUT2D eigenvalue weighted by Crippen LogP contribution is 2.26. The van der Waals surface area contributed by atoms with E-state index in [2.05, 4.69) is 36.5 Å². The first-order valence-electron chi connectivity index (χ1n) is 9.06. The number of hydrogen-bond acceptors (Lipinski definition) is 3. The molecule has 2 unspecified atom stereocenters. The first-order chi connectivity index (χ1) is 13.2. The molecular formula is C23H24N2O2. The zero-order valence-electron chi connectivity index (χ0n) is 15.3. The van der Waals surface area contributed by atoms with E-state index in [0.29, 0.717) is 5.92 Å². The molecule has 0 saturated carbocycles. The van der Waals surface area contributed by atoms with E-state index in [9.17, 15) is 4.79 Å². The number of anilines is 1. The van der Waals surface area contributed by atoms with Gasteiger partial charge >= 0.3 is 0 Å². The van der Waals surface area contributed by atoms with E-state index in [1.165, 1.54) is 5.56 Å². The molecule has 3 rings (SSSR count). The van der Waals surface area contributed by atoms with Crippen LogP contribution < -0.4 is 10.8 Å². The number of rotatable bonds is 7. The Balaban J connectivity index is 1.71. The molecular weight excluding hydrogens is 336 g/mol. The Morgan fingerprint density at radius 2 is 1.33 bits per heavy atom. The van der Waals surface area contributed by atoms with Crippen LogP contribution in [0.4, 0.5) is 5.69 Å². The number of nitrogens with one attached hydrogen (secondary N) is 2. The van der Waals surface area contributed by atoms with Crippen molar-refractivity contribution in [2.75, 3.05) is 11.9 Å². The Labute approximate surface area is 159 Å². The van der Waals surface area contributed by atoms with Crippen molar-refractivity contribution in [3.05, 3.63) is 102 Å². The summed E-state index contributed by atoms with van der Waals surface area (Å²) in [6, 6.07) is 27.6. The van der Waals surface area contributed by atoms with Crippen LogP contribution in [0.1, 0.15) is 35.4 Å². The molecule has 0 spiro atoms. The number of hydrogen-bond donors (Lipinski definition) is 3. The van der Waals surface area contributed by atoms with Crippen LogP contribution in [0.2, 0.25) is 0 Å². The highest BCUT2D eigenvalue weighted by atomic mass is 16.5. The van der Waals surface area contributed by atoms with Crippen LogP contribution in [-0.2, 0) is 4.79 Å². The Morgan fingerprint density at radius 3 is 1.89 bits per heavy atom. The lowest BCUT2D eigenvalue weighted by atomic mass is 9.90. The predicted molar refractivity (Wildman–Crippen MR) is 108 cm³/mol. The Morgan fingerprint density at radius 1 is 0.815 bits per heavy atom. The van der Waals surface area contributed by atoms with Crippen LogP contribution in [-0.4, -0.2) is 17.7 Å². The van der Waals surface area contributed by atoms with Crippen molar-refractivity contribution >= 4 is 11.6 Å². The molecule has 0 aliphatic carbocycles. The largest absolute Gasteiger partial charge is 0.384 e. The van der Waals surface area contributed by atoms with E-state index < -0.39 is 11.8 Å². The molecule has 4 heteroatoms. The minimum atomic E-state index is -0.548. The van der Waals surface area contributed by atoms with Crippen molar-refractivity contribution in [3.63, 3.8) is 0 Å². The van der Waals surface area contributed by atoms with E-state index in [1.807, 2.05) is 60.7 Å². The predicted octanol–water partition coefficient (Wildman–Crippen LogP) is 4.54. The minimum Gasteiger partial charge on any atom is -0.384 e. The summed E-state index contributed by atoms with van der Waals surface area (Å²) < 4.78 is 0.